The minimum Gasteiger partial charge on any atom is -0.495 e. The third-order valence-electron chi connectivity index (χ3n) is 5.83. The van der Waals surface area contributed by atoms with Gasteiger partial charge in [-0.1, -0.05) is 36.4 Å². The maximum atomic E-state index is 13.5. The SMILES string of the molecule is COc1ccccc1Nc1cc(C(=O)N(C)C2Cc3ccccc3C2)nc(NC(=O)OC(C)(C)C)n1. The van der Waals surface area contributed by atoms with Crippen LogP contribution in [0.25, 0.3) is 0 Å². The molecule has 0 bridgehead atoms. The molecule has 0 saturated heterocycles. The third kappa shape index (κ3) is 5.91. The van der Waals surface area contributed by atoms with Crippen LogP contribution in [0.5, 0.6) is 5.75 Å². The lowest BCUT2D eigenvalue weighted by molar-refractivity contribution is 0.0632. The second-order valence-electron chi connectivity index (χ2n) is 9.66. The first-order valence-electron chi connectivity index (χ1n) is 11.8. The van der Waals surface area contributed by atoms with Crippen molar-refractivity contribution in [2.24, 2.45) is 0 Å². The van der Waals surface area contributed by atoms with Crippen LogP contribution >= 0.6 is 0 Å². The number of nitrogens with zero attached hydrogens (tertiary/aromatic N) is 3. The van der Waals surface area contributed by atoms with Crippen molar-refractivity contribution in [3.05, 3.63) is 71.4 Å². The van der Waals surface area contributed by atoms with Gasteiger partial charge in [0, 0.05) is 19.2 Å². The Bertz CT molecular complexity index is 1250. The fourth-order valence-corrected chi connectivity index (χ4v) is 4.11. The summed E-state index contributed by atoms with van der Waals surface area (Å²) in [6.07, 6.45) is 0.840. The highest BCUT2D eigenvalue weighted by Crippen LogP contribution is 2.28. The minimum absolute atomic E-state index is 0.0118. The van der Waals surface area contributed by atoms with E-state index in [9.17, 15) is 9.59 Å². The van der Waals surface area contributed by atoms with Gasteiger partial charge in [0.1, 0.15) is 22.9 Å². The summed E-state index contributed by atoms with van der Waals surface area (Å²) in [6, 6.07) is 17.1. The summed E-state index contributed by atoms with van der Waals surface area (Å²) < 4.78 is 10.7. The molecule has 1 aliphatic carbocycles. The molecule has 1 aromatic heterocycles. The summed E-state index contributed by atoms with van der Waals surface area (Å²) in [5, 5.41) is 5.71. The van der Waals surface area contributed by atoms with Crippen LogP contribution in [0.2, 0.25) is 0 Å². The monoisotopic (exact) mass is 489 g/mol. The summed E-state index contributed by atoms with van der Waals surface area (Å²) >= 11 is 0. The molecule has 0 aliphatic heterocycles. The van der Waals surface area contributed by atoms with Crippen molar-refractivity contribution in [2.45, 2.75) is 45.3 Å². The first-order valence-corrected chi connectivity index (χ1v) is 11.8. The van der Waals surface area contributed by atoms with Gasteiger partial charge in [0.2, 0.25) is 5.95 Å². The van der Waals surface area contributed by atoms with Crippen LogP contribution in [-0.4, -0.2) is 52.7 Å². The van der Waals surface area contributed by atoms with Crippen molar-refractivity contribution >= 4 is 29.5 Å². The molecule has 1 heterocycles. The molecular formula is C27H31N5O4. The van der Waals surface area contributed by atoms with Crippen molar-refractivity contribution in [1.82, 2.24) is 14.9 Å². The molecule has 188 valence electrons. The van der Waals surface area contributed by atoms with Gasteiger partial charge in [-0.25, -0.2) is 9.78 Å². The van der Waals surface area contributed by atoms with Crippen LogP contribution < -0.4 is 15.4 Å². The van der Waals surface area contributed by atoms with Gasteiger partial charge in [-0.05, 0) is 56.9 Å². The average molecular weight is 490 g/mol. The van der Waals surface area contributed by atoms with E-state index >= 15 is 0 Å². The number of rotatable bonds is 6. The lowest BCUT2D eigenvalue weighted by Crippen LogP contribution is -2.38. The number of methoxy groups -OCH3 is 1. The zero-order chi connectivity index (χ0) is 25.9. The molecule has 2 aromatic carbocycles. The van der Waals surface area contributed by atoms with E-state index in [-0.39, 0.29) is 23.6 Å². The first kappa shape index (κ1) is 25.0. The van der Waals surface area contributed by atoms with Gasteiger partial charge >= 0.3 is 6.09 Å². The number of carbonyl (C=O) groups excluding carboxylic acids is 2. The number of aromatic nitrogens is 2. The second-order valence-corrected chi connectivity index (χ2v) is 9.66. The van der Waals surface area contributed by atoms with Gasteiger partial charge in [-0.15, -0.1) is 0 Å². The number of hydrogen-bond donors (Lipinski definition) is 2. The van der Waals surface area contributed by atoms with Crippen LogP contribution in [0.4, 0.5) is 22.2 Å². The highest BCUT2D eigenvalue weighted by Gasteiger charge is 2.29. The van der Waals surface area contributed by atoms with Gasteiger partial charge in [0.15, 0.2) is 0 Å². The molecule has 4 rings (SSSR count). The Balaban J connectivity index is 1.62. The number of benzene rings is 2. The van der Waals surface area contributed by atoms with E-state index in [1.165, 1.54) is 11.1 Å². The summed E-state index contributed by atoms with van der Waals surface area (Å²) in [5.41, 5.74) is 2.59. The number of amides is 2. The molecule has 0 fully saturated rings. The van der Waals surface area contributed by atoms with Crippen LogP contribution in [0.3, 0.4) is 0 Å². The maximum absolute atomic E-state index is 13.5. The van der Waals surface area contributed by atoms with Crippen LogP contribution in [0.1, 0.15) is 42.4 Å². The number of likely N-dealkylation sites (N-methyl/N-ethyl adjacent to an activating group) is 1. The lowest BCUT2D eigenvalue weighted by Gasteiger charge is -2.24. The Morgan fingerprint density at radius 1 is 1.00 bits per heavy atom. The molecule has 0 saturated carbocycles. The van der Waals surface area contributed by atoms with E-state index in [1.54, 1.807) is 52.0 Å². The van der Waals surface area contributed by atoms with Crippen LogP contribution in [0.15, 0.2) is 54.6 Å². The predicted octanol–water partition coefficient (Wildman–Crippen LogP) is 4.82. The fourth-order valence-electron chi connectivity index (χ4n) is 4.11. The number of anilines is 3. The summed E-state index contributed by atoms with van der Waals surface area (Å²) in [7, 11) is 3.34. The van der Waals surface area contributed by atoms with E-state index in [0.29, 0.717) is 17.3 Å². The number of hydrogen-bond acceptors (Lipinski definition) is 7. The molecule has 0 atom stereocenters. The van der Waals surface area contributed by atoms with Crippen LogP contribution in [0, 0.1) is 0 Å². The largest absolute Gasteiger partial charge is 0.495 e. The van der Waals surface area contributed by atoms with Gasteiger partial charge in [0.05, 0.1) is 12.8 Å². The topological polar surface area (TPSA) is 106 Å². The van der Waals surface area contributed by atoms with Gasteiger partial charge in [-0.3, -0.25) is 10.1 Å². The zero-order valence-corrected chi connectivity index (χ0v) is 21.2. The average Bonchev–Trinajstić information content (AvgIpc) is 3.26. The van der Waals surface area contributed by atoms with Gasteiger partial charge < -0.3 is 19.7 Å². The van der Waals surface area contributed by atoms with Crippen molar-refractivity contribution in [3.8, 4) is 5.75 Å². The fraction of sp³-hybridized carbons (Fsp3) is 0.333. The van der Waals surface area contributed by atoms with E-state index in [0.717, 1.165) is 12.8 Å². The molecule has 1 aliphatic rings. The summed E-state index contributed by atoms with van der Waals surface area (Å²) in [4.78, 5) is 36.3. The molecule has 9 nitrogen and oxygen atoms in total. The quantitative estimate of drug-likeness (QED) is 0.512. The zero-order valence-electron chi connectivity index (χ0n) is 21.2. The molecule has 9 heteroatoms. The molecule has 0 unspecified atom stereocenters. The van der Waals surface area contributed by atoms with E-state index in [1.807, 2.05) is 30.3 Å². The van der Waals surface area contributed by atoms with E-state index in [4.69, 9.17) is 9.47 Å². The Hall–Kier alpha value is -4.14. The first-order chi connectivity index (χ1) is 17.1. The van der Waals surface area contributed by atoms with Crippen molar-refractivity contribution < 1.29 is 19.1 Å². The maximum Gasteiger partial charge on any atom is 0.414 e. The molecule has 2 N–H and O–H groups in total. The normalized spacial score (nSPS) is 13.0. The number of carbonyl (C=O) groups is 2. The van der Waals surface area contributed by atoms with Crippen molar-refractivity contribution in [1.29, 1.82) is 0 Å². The molecule has 2 amide bonds. The third-order valence-corrected chi connectivity index (χ3v) is 5.83. The highest BCUT2D eigenvalue weighted by atomic mass is 16.6. The van der Waals surface area contributed by atoms with Crippen LogP contribution in [-0.2, 0) is 17.6 Å². The highest BCUT2D eigenvalue weighted by molar-refractivity contribution is 5.94. The Morgan fingerprint density at radius 3 is 2.28 bits per heavy atom. The Labute approximate surface area is 210 Å². The molecule has 0 spiro atoms. The molecule has 0 radical (unpaired) electrons. The standard InChI is InChI=1S/C27H31N5O4/c1-27(2,3)36-26(34)31-25-29-21(16-23(30-25)28-20-12-8-9-13-22(20)35-5)24(33)32(4)19-14-17-10-6-7-11-18(17)15-19/h6-13,16,19H,14-15H2,1-5H3,(H2,28,29,30,31,34). The Morgan fingerprint density at radius 2 is 1.64 bits per heavy atom. The minimum atomic E-state index is -0.713. The molecule has 3 aromatic rings. The summed E-state index contributed by atoms with van der Waals surface area (Å²) in [5.74, 6) is 0.611. The number of fused-ring (bicyclic) bond motifs is 1. The molecule has 36 heavy (non-hydrogen) atoms. The predicted molar refractivity (Wildman–Crippen MR) is 138 cm³/mol. The van der Waals surface area contributed by atoms with Gasteiger partial charge in [-0.2, -0.15) is 4.98 Å². The molecular weight excluding hydrogens is 458 g/mol. The number of ether oxygens (including phenoxy) is 2. The van der Waals surface area contributed by atoms with E-state index in [2.05, 4.69) is 32.7 Å². The van der Waals surface area contributed by atoms with Gasteiger partial charge in [0.25, 0.3) is 5.91 Å². The number of nitrogens with one attached hydrogen (secondary N) is 2. The second kappa shape index (κ2) is 10.2. The van der Waals surface area contributed by atoms with Crippen molar-refractivity contribution in [3.63, 3.8) is 0 Å². The Kier molecular flexibility index (Phi) is 7.10. The number of para-hydroxylation sites is 2. The lowest BCUT2D eigenvalue weighted by atomic mass is 10.1. The smallest absolute Gasteiger partial charge is 0.414 e. The summed E-state index contributed by atoms with van der Waals surface area (Å²) in [6.45, 7) is 5.28. The van der Waals surface area contributed by atoms with Crippen molar-refractivity contribution in [2.75, 3.05) is 24.8 Å². The van der Waals surface area contributed by atoms with E-state index < -0.39 is 11.7 Å².